The van der Waals surface area contributed by atoms with Crippen LogP contribution in [0.1, 0.15) is 27.2 Å². The number of fused-ring (bicyclic) bond motifs is 1. The van der Waals surface area contributed by atoms with Crippen molar-refractivity contribution in [3.8, 4) is 11.3 Å². The lowest BCUT2D eigenvalue weighted by Gasteiger charge is -2.20. The fourth-order valence-electron chi connectivity index (χ4n) is 3.78. The van der Waals surface area contributed by atoms with Gasteiger partial charge in [-0.1, -0.05) is 88.8 Å². The maximum atomic E-state index is 14.0. The first-order valence-electron chi connectivity index (χ1n) is 10.5. The van der Waals surface area contributed by atoms with E-state index in [1.54, 1.807) is 17.9 Å². The molecular formula is C26H20ClN3O2S. The second-order valence-electron chi connectivity index (χ2n) is 7.74. The van der Waals surface area contributed by atoms with E-state index in [0.717, 1.165) is 21.3 Å². The van der Waals surface area contributed by atoms with Crippen molar-refractivity contribution in [3.63, 3.8) is 0 Å². The van der Waals surface area contributed by atoms with Gasteiger partial charge in [0.25, 0.3) is 5.91 Å². The van der Waals surface area contributed by atoms with Crippen LogP contribution >= 0.6 is 22.9 Å². The molecule has 0 saturated carbocycles. The molecule has 0 aliphatic rings. The van der Waals surface area contributed by atoms with Gasteiger partial charge in [-0.15, -0.1) is 0 Å². The van der Waals surface area contributed by atoms with Gasteiger partial charge >= 0.3 is 0 Å². The highest BCUT2D eigenvalue weighted by atomic mass is 35.5. The summed E-state index contributed by atoms with van der Waals surface area (Å²) < 4.78 is 6.50. The van der Waals surface area contributed by atoms with Crippen LogP contribution in [0.5, 0.6) is 0 Å². The van der Waals surface area contributed by atoms with Crippen LogP contribution in [0.15, 0.2) is 77.3 Å². The molecule has 0 atom stereocenters. The van der Waals surface area contributed by atoms with Gasteiger partial charge in [-0.2, -0.15) is 0 Å². The van der Waals surface area contributed by atoms with Crippen LogP contribution in [0.3, 0.4) is 0 Å². The zero-order chi connectivity index (χ0) is 22.9. The van der Waals surface area contributed by atoms with E-state index in [4.69, 9.17) is 21.1 Å². The monoisotopic (exact) mass is 473 g/mol. The molecule has 0 spiro atoms. The summed E-state index contributed by atoms with van der Waals surface area (Å²) in [5, 5.41) is 5.31. The number of amides is 1. The fraction of sp³-hybridized carbons (Fsp3) is 0.115. The predicted molar refractivity (Wildman–Crippen MR) is 133 cm³/mol. The molecule has 7 heteroatoms. The fourth-order valence-corrected chi connectivity index (χ4v) is 5.04. The van der Waals surface area contributed by atoms with E-state index in [0.29, 0.717) is 39.3 Å². The summed E-state index contributed by atoms with van der Waals surface area (Å²) in [6.45, 7) is 4.13. The lowest BCUT2D eigenvalue weighted by Crippen LogP contribution is -2.31. The Kier molecular flexibility index (Phi) is 5.70. The third kappa shape index (κ3) is 4.03. The third-order valence-corrected chi connectivity index (χ3v) is 6.85. The zero-order valence-corrected chi connectivity index (χ0v) is 19.7. The normalized spacial score (nSPS) is 11.1. The Morgan fingerprint density at radius 3 is 2.52 bits per heavy atom. The van der Waals surface area contributed by atoms with Crippen LogP contribution in [-0.2, 0) is 6.54 Å². The van der Waals surface area contributed by atoms with E-state index in [2.05, 4.69) is 5.16 Å². The topological polar surface area (TPSA) is 59.2 Å². The number of rotatable bonds is 5. The SMILES string of the molecule is Cc1onc(-c2ccccc2Cl)c1C(=O)N(Cc1ccccc1)c1nc2c(C)cccc2s1. The van der Waals surface area contributed by atoms with Crippen molar-refractivity contribution in [2.75, 3.05) is 4.90 Å². The first-order valence-corrected chi connectivity index (χ1v) is 11.7. The lowest BCUT2D eigenvalue weighted by molar-refractivity contribution is 0.0984. The Morgan fingerprint density at radius 2 is 1.76 bits per heavy atom. The number of carbonyl (C=O) groups is 1. The highest BCUT2D eigenvalue weighted by Crippen LogP contribution is 2.36. The molecular weight excluding hydrogens is 454 g/mol. The first-order chi connectivity index (χ1) is 16.0. The molecule has 0 unspecified atom stereocenters. The van der Waals surface area contributed by atoms with Crippen LogP contribution in [0.2, 0.25) is 5.02 Å². The quantitative estimate of drug-likeness (QED) is 0.274. The molecule has 5 aromatic rings. The molecule has 33 heavy (non-hydrogen) atoms. The van der Waals surface area contributed by atoms with Gasteiger partial charge in [0.1, 0.15) is 17.0 Å². The van der Waals surface area contributed by atoms with E-state index < -0.39 is 0 Å². The summed E-state index contributed by atoms with van der Waals surface area (Å²) >= 11 is 7.92. The highest BCUT2D eigenvalue weighted by molar-refractivity contribution is 7.22. The number of benzene rings is 3. The summed E-state index contributed by atoms with van der Waals surface area (Å²) in [5.41, 5.74) is 4.43. The van der Waals surface area contributed by atoms with Gasteiger partial charge in [-0.3, -0.25) is 9.69 Å². The summed E-state index contributed by atoms with van der Waals surface area (Å²) in [6, 6.07) is 23.2. The molecule has 0 radical (unpaired) electrons. The standard InChI is InChI=1S/C26H20ClN3O2S/c1-16-9-8-14-21-23(16)28-26(33-21)30(15-18-10-4-3-5-11-18)25(31)22-17(2)32-29-24(22)19-12-6-7-13-20(19)27/h3-14H,15H2,1-2H3. The van der Waals surface area contributed by atoms with Crippen molar-refractivity contribution >= 4 is 44.2 Å². The van der Waals surface area contributed by atoms with Crippen LogP contribution in [0.25, 0.3) is 21.5 Å². The Labute approximate surface area is 200 Å². The Balaban J connectivity index is 1.64. The summed E-state index contributed by atoms with van der Waals surface area (Å²) in [4.78, 5) is 20.6. The number of anilines is 1. The van der Waals surface area contributed by atoms with Crippen molar-refractivity contribution in [3.05, 3.63) is 100 Å². The van der Waals surface area contributed by atoms with E-state index in [1.165, 1.54) is 11.3 Å². The molecule has 164 valence electrons. The predicted octanol–water partition coefficient (Wildman–Crippen LogP) is 7.07. The van der Waals surface area contributed by atoms with Crippen LogP contribution in [0.4, 0.5) is 5.13 Å². The average Bonchev–Trinajstić information content (AvgIpc) is 3.42. The van der Waals surface area contributed by atoms with Gasteiger partial charge < -0.3 is 4.52 Å². The lowest BCUT2D eigenvalue weighted by atomic mass is 10.0. The average molecular weight is 474 g/mol. The molecule has 5 nitrogen and oxygen atoms in total. The number of nitrogens with zero attached hydrogens (tertiary/aromatic N) is 3. The molecule has 5 rings (SSSR count). The maximum absolute atomic E-state index is 14.0. The van der Waals surface area contributed by atoms with Crippen LogP contribution in [0, 0.1) is 13.8 Å². The van der Waals surface area contributed by atoms with Gasteiger partial charge in [0, 0.05) is 5.56 Å². The Bertz CT molecular complexity index is 1460. The summed E-state index contributed by atoms with van der Waals surface area (Å²) in [5.74, 6) is 0.203. The van der Waals surface area contributed by atoms with Crippen molar-refractivity contribution in [1.29, 1.82) is 0 Å². The summed E-state index contributed by atoms with van der Waals surface area (Å²) in [6.07, 6.45) is 0. The molecule has 0 bridgehead atoms. The molecule has 0 aliphatic carbocycles. The smallest absolute Gasteiger partial charge is 0.266 e. The largest absolute Gasteiger partial charge is 0.360 e. The number of aryl methyl sites for hydroxylation is 2. The Hall–Kier alpha value is -3.48. The second kappa shape index (κ2) is 8.81. The number of hydrogen-bond acceptors (Lipinski definition) is 5. The third-order valence-electron chi connectivity index (χ3n) is 5.47. The number of hydrogen-bond donors (Lipinski definition) is 0. The number of aromatic nitrogens is 2. The minimum atomic E-state index is -0.232. The van der Waals surface area contributed by atoms with E-state index in [-0.39, 0.29) is 5.91 Å². The van der Waals surface area contributed by atoms with Crippen molar-refractivity contribution in [2.45, 2.75) is 20.4 Å². The Morgan fingerprint density at radius 1 is 1.00 bits per heavy atom. The minimum Gasteiger partial charge on any atom is -0.360 e. The molecule has 3 aromatic carbocycles. The first kappa shape index (κ1) is 21.4. The van der Waals surface area contributed by atoms with E-state index >= 15 is 0 Å². The van der Waals surface area contributed by atoms with E-state index in [9.17, 15) is 4.79 Å². The van der Waals surface area contributed by atoms with Gasteiger partial charge in [-0.25, -0.2) is 4.98 Å². The van der Waals surface area contributed by atoms with Crippen LogP contribution in [-0.4, -0.2) is 16.0 Å². The molecule has 0 saturated heterocycles. The molecule has 2 aromatic heterocycles. The van der Waals surface area contributed by atoms with Gasteiger partial charge in [0.15, 0.2) is 5.13 Å². The number of para-hydroxylation sites is 1. The number of thiazole rings is 1. The van der Waals surface area contributed by atoms with Crippen LogP contribution < -0.4 is 4.90 Å². The van der Waals surface area contributed by atoms with Gasteiger partial charge in [0.2, 0.25) is 0 Å². The van der Waals surface area contributed by atoms with Crippen molar-refractivity contribution < 1.29 is 9.32 Å². The van der Waals surface area contributed by atoms with Crippen molar-refractivity contribution in [1.82, 2.24) is 10.1 Å². The van der Waals surface area contributed by atoms with E-state index in [1.807, 2.05) is 73.7 Å². The number of halogens is 1. The van der Waals surface area contributed by atoms with Gasteiger partial charge in [0.05, 0.1) is 21.8 Å². The molecule has 0 fully saturated rings. The molecule has 2 heterocycles. The van der Waals surface area contributed by atoms with Gasteiger partial charge in [-0.05, 0) is 37.1 Å². The van der Waals surface area contributed by atoms with Crippen molar-refractivity contribution in [2.24, 2.45) is 0 Å². The molecule has 1 amide bonds. The number of carbonyl (C=O) groups excluding carboxylic acids is 1. The molecule has 0 N–H and O–H groups in total. The maximum Gasteiger partial charge on any atom is 0.266 e. The summed E-state index contributed by atoms with van der Waals surface area (Å²) in [7, 11) is 0. The highest BCUT2D eigenvalue weighted by Gasteiger charge is 2.30. The second-order valence-corrected chi connectivity index (χ2v) is 9.15. The minimum absolute atomic E-state index is 0.232. The zero-order valence-electron chi connectivity index (χ0n) is 18.1. The molecule has 0 aliphatic heterocycles.